The van der Waals surface area contributed by atoms with Gasteiger partial charge in [0.15, 0.2) is 0 Å². The van der Waals surface area contributed by atoms with Crippen molar-refractivity contribution < 1.29 is 14.6 Å². The number of aliphatic hydroxyl groups is 1. The maximum Gasteiger partial charge on any atom is 0.128 e. The van der Waals surface area contributed by atoms with Crippen LogP contribution in [0.15, 0.2) is 6.20 Å². The van der Waals surface area contributed by atoms with Crippen LogP contribution in [0, 0.1) is 13.8 Å². The Kier molecular flexibility index (Phi) is 6.39. The molecule has 0 bridgehead atoms. The number of aryl methyl sites for hydroxylation is 1. The molecule has 0 saturated heterocycles. The van der Waals surface area contributed by atoms with Crippen LogP contribution in [0.25, 0.3) is 0 Å². The van der Waals surface area contributed by atoms with Crippen LogP contribution in [-0.4, -0.2) is 49.6 Å². The van der Waals surface area contributed by atoms with Crippen LogP contribution in [0.2, 0.25) is 0 Å². The highest BCUT2D eigenvalue weighted by Gasteiger charge is 2.23. The topological polar surface area (TPSA) is 63.6 Å². The molecule has 20 heavy (non-hydrogen) atoms. The van der Waals surface area contributed by atoms with E-state index < -0.39 is 5.60 Å². The van der Waals surface area contributed by atoms with Crippen molar-refractivity contribution in [2.45, 2.75) is 32.8 Å². The molecular weight excluding hydrogens is 256 g/mol. The summed E-state index contributed by atoms with van der Waals surface area (Å²) >= 11 is 0. The summed E-state index contributed by atoms with van der Waals surface area (Å²) in [5.74, 6) is 0.846. The third-order valence-corrected chi connectivity index (χ3v) is 3.29. The minimum atomic E-state index is -0.855. The van der Waals surface area contributed by atoms with Crippen LogP contribution in [0.3, 0.4) is 0 Å². The van der Waals surface area contributed by atoms with Gasteiger partial charge in [-0.2, -0.15) is 0 Å². The number of nitrogens with zero attached hydrogens (tertiary/aromatic N) is 1. The fourth-order valence-electron chi connectivity index (χ4n) is 2.20. The zero-order chi connectivity index (χ0) is 15.2. The second-order valence-corrected chi connectivity index (χ2v) is 5.39. The van der Waals surface area contributed by atoms with Crippen molar-refractivity contribution in [3.05, 3.63) is 23.0 Å². The van der Waals surface area contributed by atoms with E-state index in [0.717, 1.165) is 29.1 Å². The highest BCUT2D eigenvalue weighted by atomic mass is 16.5. The normalized spacial score (nSPS) is 14.1. The highest BCUT2D eigenvalue weighted by Crippen LogP contribution is 2.26. The van der Waals surface area contributed by atoms with Gasteiger partial charge in [-0.1, -0.05) is 0 Å². The van der Waals surface area contributed by atoms with Gasteiger partial charge in [-0.25, -0.2) is 0 Å². The van der Waals surface area contributed by atoms with Gasteiger partial charge < -0.3 is 19.9 Å². The molecule has 1 aromatic heterocycles. The summed E-state index contributed by atoms with van der Waals surface area (Å²) < 4.78 is 10.4. The van der Waals surface area contributed by atoms with E-state index in [-0.39, 0.29) is 0 Å². The number of methoxy groups -OCH3 is 2. The SMILES string of the molecule is COCCNCC(C)(O)Cc1ncc(C)c(OC)c1C. The monoisotopic (exact) mass is 282 g/mol. The van der Waals surface area contributed by atoms with Gasteiger partial charge in [0.25, 0.3) is 0 Å². The summed E-state index contributed by atoms with van der Waals surface area (Å²) in [6, 6.07) is 0. The molecule has 1 unspecified atom stereocenters. The van der Waals surface area contributed by atoms with Crippen molar-refractivity contribution in [2.75, 3.05) is 33.9 Å². The predicted molar refractivity (Wildman–Crippen MR) is 79.3 cm³/mol. The van der Waals surface area contributed by atoms with Crippen molar-refractivity contribution >= 4 is 0 Å². The van der Waals surface area contributed by atoms with Gasteiger partial charge in [0.2, 0.25) is 0 Å². The molecule has 0 aliphatic rings. The van der Waals surface area contributed by atoms with E-state index in [9.17, 15) is 5.11 Å². The Balaban J connectivity index is 2.71. The average Bonchev–Trinajstić information content (AvgIpc) is 2.39. The second-order valence-electron chi connectivity index (χ2n) is 5.39. The van der Waals surface area contributed by atoms with Crippen LogP contribution in [0.5, 0.6) is 5.75 Å². The second kappa shape index (κ2) is 7.57. The third kappa shape index (κ3) is 4.74. The Morgan fingerprint density at radius 1 is 1.35 bits per heavy atom. The van der Waals surface area contributed by atoms with Crippen molar-refractivity contribution in [3.63, 3.8) is 0 Å². The molecule has 2 N–H and O–H groups in total. The minimum absolute atomic E-state index is 0.482. The first kappa shape index (κ1) is 16.9. The maximum atomic E-state index is 10.4. The van der Waals surface area contributed by atoms with Crippen molar-refractivity contribution in [1.29, 1.82) is 0 Å². The number of aromatic nitrogens is 1. The number of rotatable bonds is 8. The molecule has 1 heterocycles. The molecule has 5 nitrogen and oxygen atoms in total. The van der Waals surface area contributed by atoms with Gasteiger partial charge in [0.05, 0.1) is 19.3 Å². The van der Waals surface area contributed by atoms with Gasteiger partial charge in [0, 0.05) is 49.6 Å². The number of nitrogens with one attached hydrogen (secondary N) is 1. The average molecular weight is 282 g/mol. The largest absolute Gasteiger partial charge is 0.496 e. The first-order chi connectivity index (χ1) is 9.41. The lowest BCUT2D eigenvalue weighted by Gasteiger charge is -2.25. The van der Waals surface area contributed by atoms with Crippen molar-refractivity contribution in [3.8, 4) is 5.75 Å². The van der Waals surface area contributed by atoms with E-state index in [1.54, 1.807) is 27.3 Å². The van der Waals surface area contributed by atoms with E-state index >= 15 is 0 Å². The Morgan fingerprint density at radius 2 is 2.05 bits per heavy atom. The lowest BCUT2D eigenvalue weighted by atomic mass is 9.96. The molecule has 0 aliphatic heterocycles. The molecule has 0 amide bonds. The van der Waals surface area contributed by atoms with Gasteiger partial charge in [0.1, 0.15) is 5.75 Å². The number of hydrogen-bond donors (Lipinski definition) is 2. The van der Waals surface area contributed by atoms with Gasteiger partial charge in [-0.05, 0) is 20.8 Å². The number of pyridine rings is 1. The molecule has 1 rings (SSSR count). The summed E-state index contributed by atoms with van der Waals surface area (Å²) in [6.45, 7) is 7.59. The number of ether oxygens (including phenoxy) is 2. The Hall–Kier alpha value is -1.17. The quantitative estimate of drug-likeness (QED) is 0.702. The van der Waals surface area contributed by atoms with Gasteiger partial charge >= 0.3 is 0 Å². The first-order valence-corrected chi connectivity index (χ1v) is 6.82. The highest BCUT2D eigenvalue weighted by molar-refractivity contribution is 5.41. The van der Waals surface area contributed by atoms with E-state index in [2.05, 4.69) is 10.3 Å². The fraction of sp³-hybridized carbons (Fsp3) is 0.667. The van der Waals surface area contributed by atoms with Crippen LogP contribution in [-0.2, 0) is 11.2 Å². The molecule has 5 heteroatoms. The van der Waals surface area contributed by atoms with Crippen LogP contribution in [0.1, 0.15) is 23.7 Å². The smallest absolute Gasteiger partial charge is 0.128 e. The summed E-state index contributed by atoms with van der Waals surface area (Å²) in [6.07, 6.45) is 2.27. The Morgan fingerprint density at radius 3 is 2.65 bits per heavy atom. The maximum absolute atomic E-state index is 10.4. The zero-order valence-corrected chi connectivity index (χ0v) is 13.1. The lowest BCUT2D eigenvalue weighted by Crippen LogP contribution is -2.41. The minimum Gasteiger partial charge on any atom is -0.496 e. The summed E-state index contributed by atoms with van der Waals surface area (Å²) in [7, 11) is 3.31. The Bertz CT molecular complexity index is 433. The lowest BCUT2D eigenvalue weighted by molar-refractivity contribution is 0.0570. The number of hydrogen-bond acceptors (Lipinski definition) is 5. The van der Waals surface area contributed by atoms with Crippen LogP contribution in [0.4, 0.5) is 0 Å². The summed E-state index contributed by atoms with van der Waals surface area (Å²) in [5, 5.41) is 13.6. The summed E-state index contributed by atoms with van der Waals surface area (Å²) in [5.41, 5.74) is 2.01. The molecule has 0 saturated carbocycles. The summed E-state index contributed by atoms with van der Waals surface area (Å²) in [4.78, 5) is 4.42. The molecule has 114 valence electrons. The van der Waals surface area contributed by atoms with Crippen molar-refractivity contribution in [2.24, 2.45) is 0 Å². The molecule has 0 spiro atoms. The molecule has 0 aromatic carbocycles. The molecule has 1 aromatic rings. The standard InChI is InChI=1S/C15H26N2O3/c1-11-9-17-13(12(2)14(11)20-5)8-15(3,18)10-16-6-7-19-4/h9,16,18H,6-8,10H2,1-5H3. The van der Waals surface area contributed by atoms with Gasteiger partial charge in [-0.15, -0.1) is 0 Å². The van der Waals surface area contributed by atoms with Crippen LogP contribution >= 0.6 is 0 Å². The molecule has 1 atom stereocenters. The van der Waals surface area contributed by atoms with Crippen LogP contribution < -0.4 is 10.1 Å². The van der Waals surface area contributed by atoms with E-state index in [4.69, 9.17) is 9.47 Å². The molecule has 0 radical (unpaired) electrons. The van der Waals surface area contributed by atoms with Gasteiger partial charge in [-0.3, -0.25) is 4.98 Å². The third-order valence-electron chi connectivity index (χ3n) is 3.29. The first-order valence-electron chi connectivity index (χ1n) is 6.82. The van der Waals surface area contributed by atoms with E-state index in [0.29, 0.717) is 19.6 Å². The predicted octanol–water partition coefficient (Wildman–Crippen LogP) is 1.24. The van der Waals surface area contributed by atoms with E-state index in [1.807, 2.05) is 13.8 Å². The Labute approximate surface area is 121 Å². The molecule has 0 aliphatic carbocycles. The molecular formula is C15H26N2O3. The van der Waals surface area contributed by atoms with E-state index in [1.165, 1.54) is 0 Å². The zero-order valence-electron chi connectivity index (χ0n) is 13.1. The fourth-order valence-corrected chi connectivity index (χ4v) is 2.20. The van der Waals surface area contributed by atoms with Crippen molar-refractivity contribution in [1.82, 2.24) is 10.3 Å². The molecule has 0 fully saturated rings.